The van der Waals surface area contributed by atoms with Gasteiger partial charge in [-0.05, 0) is 19.2 Å². The number of aliphatic imine (C=N–C) groups is 1. The first-order chi connectivity index (χ1) is 8.29. The predicted octanol–water partition coefficient (Wildman–Crippen LogP) is 1.85. The first-order valence-corrected chi connectivity index (χ1v) is 6.22. The molecule has 1 aliphatic heterocycles. The van der Waals surface area contributed by atoms with Crippen molar-refractivity contribution in [3.05, 3.63) is 35.9 Å². The van der Waals surface area contributed by atoms with E-state index in [0.29, 0.717) is 6.04 Å². The Kier molecular flexibility index (Phi) is 4.29. The minimum atomic E-state index is 0.589. The van der Waals surface area contributed by atoms with Gasteiger partial charge in [-0.25, -0.2) is 0 Å². The second-order valence-electron chi connectivity index (χ2n) is 4.75. The molecular formula is C14H21N3. The van der Waals surface area contributed by atoms with Gasteiger partial charge in [0.2, 0.25) is 0 Å². The zero-order valence-corrected chi connectivity index (χ0v) is 10.5. The number of piperazine rings is 1. The van der Waals surface area contributed by atoms with Crippen molar-refractivity contribution in [2.45, 2.75) is 19.5 Å². The molecule has 1 atom stereocenters. The molecule has 0 bridgehead atoms. The van der Waals surface area contributed by atoms with E-state index in [1.165, 1.54) is 5.56 Å². The lowest BCUT2D eigenvalue weighted by Gasteiger charge is -2.39. The summed E-state index contributed by atoms with van der Waals surface area (Å²) in [6.45, 7) is 11.0. The molecule has 0 aliphatic carbocycles. The van der Waals surface area contributed by atoms with E-state index in [4.69, 9.17) is 0 Å². The van der Waals surface area contributed by atoms with E-state index >= 15 is 0 Å². The Labute approximate surface area is 104 Å². The van der Waals surface area contributed by atoms with Gasteiger partial charge in [0.25, 0.3) is 0 Å². The largest absolute Gasteiger partial charge is 0.294 e. The van der Waals surface area contributed by atoms with E-state index in [9.17, 15) is 0 Å². The van der Waals surface area contributed by atoms with Crippen LogP contribution in [0.4, 0.5) is 0 Å². The van der Waals surface area contributed by atoms with Gasteiger partial charge in [0, 0.05) is 32.2 Å². The minimum Gasteiger partial charge on any atom is -0.294 e. The van der Waals surface area contributed by atoms with Gasteiger partial charge in [0.05, 0.1) is 6.67 Å². The fourth-order valence-electron chi connectivity index (χ4n) is 2.39. The third kappa shape index (κ3) is 3.38. The molecule has 3 nitrogen and oxygen atoms in total. The number of benzene rings is 1. The molecule has 0 aromatic heterocycles. The predicted molar refractivity (Wildman–Crippen MR) is 72.3 cm³/mol. The summed E-state index contributed by atoms with van der Waals surface area (Å²) in [5.74, 6) is 0. The Morgan fingerprint density at radius 3 is 2.71 bits per heavy atom. The van der Waals surface area contributed by atoms with Crippen molar-refractivity contribution < 1.29 is 0 Å². The molecule has 1 fully saturated rings. The number of nitrogens with zero attached hydrogens (tertiary/aromatic N) is 3. The van der Waals surface area contributed by atoms with Crippen molar-refractivity contribution in [3.63, 3.8) is 0 Å². The Morgan fingerprint density at radius 1 is 1.29 bits per heavy atom. The van der Waals surface area contributed by atoms with Crippen molar-refractivity contribution in [3.8, 4) is 0 Å². The van der Waals surface area contributed by atoms with E-state index in [2.05, 4.69) is 58.8 Å². The van der Waals surface area contributed by atoms with Gasteiger partial charge in [0.1, 0.15) is 0 Å². The highest BCUT2D eigenvalue weighted by atomic mass is 15.3. The van der Waals surface area contributed by atoms with Crippen LogP contribution < -0.4 is 0 Å². The van der Waals surface area contributed by atoms with Gasteiger partial charge in [-0.1, -0.05) is 30.3 Å². The zero-order valence-electron chi connectivity index (χ0n) is 10.5. The molecule has 0 saturated carbocycles. The molecule has 1 unspecified atom stereocenters. The van der Waals surface area contributed by atoms with Gasteiger partial charge in [-0.15, -0.1) is 0 Å². The van der Waals surface area contributed by atoms with Crippen molar-refractivity contribution in [1.82, 2.24) is 9.80 Å². The molecule has 2 rings (SSSR count). The van der Waals surface area contributed by atoms with Gasteiger partial charge >= 0.3 is 0 Å². The Morgan fingerprint density at radius 2 is 2.06 bits per heavy atom. The topological polar surface area (TPSA) is 18.8 Å². The normalized spacial score (nSPS) is 22.5. The summed E-state index contributed by atoms with van der Waals surface area (Å²) < 4.78 is 0. The Bertz CT molecular complexity index is 350. The van der Waals surface area contributed by atoms with E-state index in [1.807, 2.05) is 0 Å². The lowest BCUT2D eigenvalue weighted by atomic mass is 10.1. The molecule has 0 amide bonds. The Hall–Kier alpha value is -1.19. The summed E-state index contributed by atoms with van der Waals surface area (Å²) in [4.78, 5) is 8.86. The average molecular weight is 231 g/mol. The molecule has 1 saturated heterocycles. The van der Waals surface area contributed by atoms with E-state index in [0.717, 1.165) is 32.8 Å². The maximum absolute atomic E-state index is 3.96. The molecule has 92 valence electrons. The fraction of sp³-hybridized carbons (Fsp3) is 0.500. The third-order valence-electron chi connectivity index (χ3n) is 3.38. The molecule has 1 aromatic carbocycles. The minimum absolute atomic E-state index is 0.589. The van der Waals surface area contributed by atoms with E-state index in [-0.39, 0.29) is 0 Å². The van der Waals surface area contributed by atoms with Crippen LogP contribution in [0.15, 0.2) is 35.3 Å². The summed E-state index contributed by atoms with van der Waals surface area (Å²) in [6, 6.07) is 11.3. The summed E-state index contributed by atoms with van der Waals surface area (Å²) in [5.41, 5.74) is 1.40. The molecule has 1 aromatic rings. The third-order valence-corrected chi connectivity index (χ3v) is 3.38. The molecular weight excluding hydrogens is 210 g/mol. The van der Waals surface area contributed by atoms with Gasteiger partial charge in [-0.2, -0.15) is 0 Å². The van der Waals surface area contributed by atoms with Crippen LogP contribution in [0.5, 0.6) is 0 Å². The van der Waals surface area contributed by atoms with Crippen LogP contribution >= 0.6 is 0 Å². The van der Waals surface area contributed by atoms with Gasteiger partial charge in [0.15, 0.2) is 0 Å². The van der Waals surface area contributed by atoms with Gasteiger partial charge in [-0.3, -0.25) is 14.8 Å². The van der Waals surface area contributed by atoms with Crippen LogP contribution in [0, 0.1) is 0 Å². The molecule has 1 heterocycles. The van der Waals surface area contributed by atoms with Crippen LogP contribution in [-0.2, 0) is 6.54 Å². The fourth-order valence-corrected chi connectivity index (χ4v) is 2.39. The maximum atomic E-state index is 3.96. The highest BCUT2D eigenvalue weighted by Crippen LogP contribution is 2.13. The summed E-state index contributed by atoms with van der Waals surface area (Å²) in [7, 11) is 0. The highest BCUT2D eigenvalue weighted by molar-refractivity contribution is 5.23. The maximum Gasteiger partial charge on any atom is 0.0903 e. The molecule has 0 radical (unpaired) electrons. The van der Waals surface area contributed by atoms with Gasteiger partial charge < -0.3 is 0 Å². The van der Waals surface area contributed by atoms with Crippen LogP contribution in [0.3, 0.4) is 0 Å². The second kappa shape index (κ2) is 5.94. The molecule has 0 spiro atoms. The lowest BCUT2D eigenvalue weighted by Crippen LogP contribution is -2.51. The van der Waals surface area contributed by atoms with Crippen molar-refractivity contribution in [2.75, 3.05) is 26.3 Å². The monoisotopic (exact) mass is 231 g/mol. The first-order valence-electron chi connectivity index (χ1n) is 6.22. The summed E-state index contributed by atoms with van der Waals surface area (Å²) in [6.07, 6.45) is 0. The van der Waals surface area contributed by atoms with E-state index in [1.54, 1.807) is 0 Å². The molecule has 1 aliphatic rings. The summed E-state index contributed by atoms with van der Waals surface area (Å²) in [5, 5.41) is 0. The SMILES string of the molecule is C=NCN1CCN(Cc2ccccc2)C(C)C1. The van der Waals surface area contributed by atoms with Crippen LogP contribution in [0.1, 0.15) is 12.5 Å². The second-order valence-corrected chi connectivity index (χ2v) is 4.75. The average Bonchev–Trinajstić information content (AvgIpc) is 2.34. The summed E-state index contributed by atoms with van der Waals surface area (Å²) >= 11 is 0. The van der Waals surface area contributed by atoms with Crippen molar-refractivity contribution >= 4 is 6.72 Å². The van der Waals surface area contributed by atoms with Crippen LogP contribution in [0.2, 0.25) is 0 Å². The number of rotatable bonds is 4. The molecule has 17 heavy (non-hydrogen) atoms. The Balaban J connectivity index is 1.89. The van der Waals surface area contributed by atoms with Crippen LogP contribution in [0.25, 0.3) is 0 Å². The van der Waals surface area contributed by atoms with E-state index < -0.39 is 0 Å². The number of hydrogen-bond donors (Lipinski definition) is 0. The standard InChI is InChI=1S/C14H21N3/c1-13-10-16(12-15-2)8-9-17(13)11-14-6-4-3-5-7-14/h3-7,13H,2,8-12H2,1H3. The van der Waals surface area contributed by atoms with Crippen molar-refractivity contribution in [2.24, 2.45) is 4.99 Å². The smallest absolute Gasteiger partial charge is 0.0903 e. The number of hydrogen-bond acceptors (Lipinski definition) is 3. The van der Waals surface area contributed by atoms with Crippen molar-refractivity contribution in [1.29, 1.82) is 0 Å². The first kappa shape index (κ1) is 12.3. The molecule has 0 N–H and O–H groups in total. The molecule has 3 heteroatoms. The highest BCUT2D eigenvalue weighted by Gasteiger charge is 2.22. The quantitative estimate of drug-likeness (QED) is 0.736. The zero-order chi connectivity index (χ0) is 12.1. The lowest BCUT2D eigenvalue weighted by molar-refractivity contribution is 0.0799. The van der Waals surface area contributed by atoms with Crippen LogP contribution in [-0.4, -0.2) is 48.9 Å².